The van der Waals surface area contributed by atoms with E-state index in [0.717, 1.165) is 69.1 Å². The number of hydrogen-bond acceptors (Lipinski definition) is 6. The first-order valence-electron chi connectivity index (χ1n) is 12.7. The van der Waals surface area contributed by atoms with Crippen molar-refractivity contribution in [2.75, 3.05) is 20.3 Å². The van der Waals surface area contributed by atoms with Gasteiger partial charge in [0.2, 0.25) is 0 Å². The highest BCUT2D eigenvalue weighted by Crippen LogP contribution is 2.18. The molecule has 194 valence electrons. The highest BCUT2D eigenvalue weighted by Gasteiger charge is 2.20. The molecule has 6 heteroatoms. The van der Waals surface area contributed by atoms with Crippen LogP contribution in [0, 0.1) is 5.92 Å². The van der Waals surface area contributed by atoms with Crippen LogP contribution in [0.1, 0.15) is 83.6 Å². The molecule has 0 radical (unpaired) electrons. The average Bonchev–Trinajstić information content (AvgIpc) is 2.86. The number of ketones is 1. The quantitative estimate of drug-likeness (QED) is 0.127. The molecule has 6 nitrogen and oxygen atoms in total. The zero-order chi connectivity index (χ0) is 25.9. The molecule has 35 heavy (non-hydrogen) atoms. The van der Waals surface area contributed by atoms with Crippen LogP contribution in [0.2, 0.25) is 0 Å². The number of ether oxygens (including phenoxy) is 3. The molecule has 0 heterocycles. The molecule has 0 aliphatic heterocycles. The van der Waals surface area contributed by atoms with Crippen molar-refractivity contribution in [3.8, 4) is 5.75 Å². The lowest BCUT2D eigenvalue weighted by Crippen LogP contribution is -2.22. The molecule has 0 bridgehead atoms. The molecule has 0 aromatic heterocycles. The van der Waals surface area contributed by atoms with E-state index >= 15 is 0 Å². The van der Waals surface area contributed by atoms with Gasteiger partial charge in [-0.1, -0.05) is 64.2 Å². The first-order chi connectivity index (χ1) is 16.9. The molecule has 0 aliphatic carbocycles. The van der Waals surface area contributed by atoms with E-state index in [-0.39, 0.29) is 24.3 Å². The van der Waals surface area contributed by atoms with Gasteiger partial charge >= 0.3 is 11.9 Å². The fraction of sp³-hybridized carbons (Fsp3) is 0.552. The minimum Gasteiger partial charge on any atom is -0.494 e. The maximum Gasteiger partial charge on any atom is 0.333 e. The maximum atomic E-state index is 12.7. The predicted octanol–water partition coefficient (Wildman–Crippen LogP) is 6.48. The van der Waals surface area contributed by atoms with Gasteiger partial charge in [-0.25, -0.2) is 9.59 Å². The standard InChI is InChI=1S/C29H42O6/c1-5-6-7-11-14-27(30)25(22-35-29(32)23(2)3)13-10-8-9-12-21-34-26-18-15-24(16-19-26)17-20-28(31)33-4/h15-20,25H,2,5-14,21-22H2,1,3-4H3. The molecule has 0 saturated carbocycles. The van der Waals surface area contributed by atoms with Crippen LogP contribution >= 0.6 is 0 Å². The lowest BCUT2D eigenvalue weighted by molar-refractivity contribution is -0.142. The Morgan fingerprint density at radius 2 is 1.66 bits per heavy atom. The van der Waals surface area contributed by atoms with Crippen molar-refractivity contribution in [2.45, 2.75) is 78.1 Å². The summed E-state index contributed by atoms with van der Waals surface area (Å²) in [7, 11) is 1.35. The Bertz CT molecular complexity index is 809. The first kappa shape index (κ1) is 30.1. The van der Waals surface area contributed by atoms with Gasteiger partial charge in [-0.15, -0.1) is 0 Å². The Hall–Kier alpha value is -2.89. The Morgan fingerprint density at radius 1 is 0.971 bits per heavy atom. The molecule has 0 aliphatic rings. The minimum atomic E-state index is -0.432. The summed E-state index contributed by atoms with van der Waals surface area (Å²) in [6.07, 6.45) is 12.4. The largest absolute Gasteiger partial charge is 0.494 e. The van der Waals surface area contributed by atoms with E-state index in [0.29, 0.717) is 18.6 Å². The van der Waals surface area contributed by atoms with Gasteiger partial charge < -0.3 is 14.2 Å². The molecule has 0 N–H and O–H groups in total. The summed E-state index contributed by atoms with van der Waals surface area (Å²) in [5, 5.41) is 0. The van der Waals surface area contributed by atoms with Gasteiger partial charge in [0.25, 0.3) is 0 Å². The summed E-state index contributed by atoms with van der Waals surface area (Å²) in [6.45, 7) is 8.13. The molecule has 1 unspecified atom stereocenters. The Morgan fingerprint density at radius 3 is 2.31 bits per heavy atom. The van der Waals surface area contributed by atoms with Crippen LogP contribution in [-0.4, -0.2) is 38.0 Å². The smallest absolute Gasteiger partial charge is 0.333 e. The van der Waals surface area contributed by atoms with Crippen molar-refractivity contribution < 1.29 is 28.6 Å². The van der Waals surface area contributed by atoms with E-state index < -0.39 is 5.97 Å². The van der Waals surface area contributed by atoms with Crippen molar-refractivity contribution in [1.29, 1.82) is 0 Å². The zero-order valence-electron chi connectivity index (χ0n) is 21.7. The van der Waals surface area contributed by atoms with Crippen molar-refractivity contribution in [2.24, 2.45) is 5.92 Å². The van der Waals surface area contributed by atoms with Crippen LogP contribution in [0.4, 0.5) is 0 Å². The van der Waals surface area contributed by atoms with Gasteiger partial charge in [0.05, 0.1) is 19.6 Å². The monoisotopic (exact) mass is 486 g/mol. The van der Waals surface area contributed by atoms with E-state index in [9.17, 15) is 14.4 Å². The minimum absolute atomic E-state index is 0.145. The predicted molar refractivity (Wildman–Crippen MR) is 139 cm³/mol. The highest BCUT2D eigenvalue weighted by atomic mass is 16.5. The number of carbonyl (C=O) groups excluding carboxylic acids is 3. The van der Waals surface area contributed by atoms with Crippen LogP contribution in [0.15, 0.2) is 42.5 Å². The second-order valence-corrected chi connectivity index (χ2v) is 8.83. The fourth-order valence-corrected chi connectivity index (χ4v) is 3.51. The first-order valence-corrected chi connectivity index (χ1v) is 12.7. The normalized spacial score (nSPS) is 11.7. The lowest BCUT2D eigenvalue weighted by atomic mass is 9.93. The molecule has 0 saturated heterocycles. The number of carbonyl (C=O) groups is 3. The summed E-state index contributed by atoms with van der Waals surface area (Å²) in [5.41, 5.74) is 1.25. The molecular formula is C29H42O6. The van der Waals surface area contributed by atoms with Gasteiger partial charge in [-0.05, 0) is 50.0 Å². The number of hydrogen-bond donors (Lipinski definition) is 0. The van der Waals surface area contributed by atoms with Crippen LogP contribution in [0.5, 0.6) is 5.75 Å². The van der Waals surface area contributed by atoms with Crippen molar-refractivity contribution in [3.05, 3.63) is 48.1 Å². The van der Waals surface area contributed by atoms with E-state index in [1.807, 2.05) is 24.3 Å². The third-order valence-electron chi connectivity index (χ3n) is 5.70. The molecule has 1 rings (SSSR count). The molecule has 1 aromatic carbocycles. The number of unbranched alkanes of at least 4 members (excludes halogenated alkanes) is 6. The van der Waals surface area contributed by atoms with E-state index in [1.165, 1.54) is 13.2 Å². The fourth-order valence-electron chi connectivity index (χ4n) is 3.51. The second kappa shape index (κ2) is 18.4. The SMILES string of the molecule is C=C(C)C(=O)OCC(CCCCCCOc1ccc(C=CC(=O)OC)cc1)C(=O)CCCCCC. The van der Waals surface area contributed by atoms with Crippen molar-refractivity contribution in [1.82, 2.24) is 0 Å². The molecule has 0 spiro atoms. The summed E-state index contributed by atoms with van der Waals surface area (Å²) in [4.78, 5) is 35.6. The Kier molecular flexibility index (Phi) is 15.9. The van der Waals surface area contributed by atoms with Gasteiger partial charge in [-0.2, -0.15) is 0 Å². The Labute approximate surface area is 210 Å². The summed E-state index contributed by atoms with van der Waals surface area (Å²) in [6, 6.07) is 7.52. The number of benzene rings is 1. The third-order valence-corrected chi connectivity index (χ3v) is 5.70. The average molecular weight is 487 g/mol. The molecule has 0 amide bonds. The number of rotatable bonds is 19. The second-order valence-electron chi connectivity index (χ2n) is 8.83. The van der Waals surface area contributed by atoms with Crippen molar-refractivity contribution >= 4 is 23.8 Å². The number of Topliss-reactive ketones (excluding diaryl/α,β-unsaturated/α-hetero) is 1. The maximum absolute atomic E-state index is 12.7. The van der Waals surface area contributed by atoms with Crippen LogP contribution in [0.3, 0.4) is 0 Å². The van der Waals surface area contributed by atoms with Gasteiger partial charge in [0, 0.05) is 18.1 Å². The van der Waals surface area contributed by atoms with Crippen molar-refractivity contribution in [3.63, 3.8) is 0 Å². The zero-order valence-corrected chi connectivity index (χ0v) is 21.7. The van der Waals surface area contributed by atoms with Gasteiger partial charge in [0.1, 0.15) is 18.1 Å². The van der Waals surface area contributed by atoms with E-state index in [1.54, 1.807) is 13.0 Å². The van der Waals surface area contributed by atoms with E-state index in [2.05, 4.69) is 18.2 Å². The number of methoxy groups -OCH3 is 1. The lowest BCUT2D eigenvalue weighted by Gasteiger charge is -2.16. The van der Waals surface area contributed by atoms with Crippen LogP contribution < -0.4 is 4.74 Å². The van der Waals surface area contributed by atoms with Gasteiger partial charge in [-0.3, -0.25) is 4.79 Å². The molecule has 1 atom stereocenters. The summed E-state index contributed by atoms with van der Waals surface area (Å²) >= 11 is 0. The number of esters is 2. The third kappa shape index (κ3) is 14.2. The Balaban J connectivity index is 2.32. The molecule has 1 aromatic rings. The molecule has 0 fully saturated rings. The summed E-state index contributed by atoms with van der Waals surface area (Å²) < 4.78 is 15.7. The van der Waals surface area contributed by atoms with Gasteiger partial charge in [0.15, 0.2) is 0 Å². The highest BCUT2D eigenvalue weighted by molar-refractivity contribution is 5.87. The van der Waals surface area contributed by atoms with Crippen LogP contribution in [-0.2, 0) is 23.9 Å². The summed E-state index contributed by atoms with van der Waals surface area (Å²) in [5.74, 6) is -0.0700. The topological polar surface area (TPSA) is 78.9 Å². The molecular weight excluding hydrogens is 444 g/mol. The van der Waals surface area contributed by atoms with E-state index in [4.69, 9.17) is 9.47 Å². The van der Waals surface area contributed by atoms with Crippen LogP contribution in [0.25, 0.3) is 6.08 Å².